The van der Waals surface area contributed by atoms with E-state index in [0.29, 0.717) is 22.4 Å². The van der Waals surface area contributed by atoms with E-state index in [-0.39, 0.29) is 24.1 Å². The highest BCUT2D eigenvalue weighted by Crippen LogP contribution is 2.31. The Morgan fingerprint density at radius 2 is 1.96 bits per heavy atom. The Morgan fingerprint density at radius 1 is 1.26 bits per heavy atom. The molecule has 2 aromatic rings. The maximum atomic E-state index is 13.2. The Balaban J connectivity index is 1.89. The summed E-state index contributed by atoms with van der Waals surface area (Å²) < 4.78 is 13.2. The highest BCUT2D eigenvalue weighted by atomic mass is 19.1. The molecule has 0 fully saturated rings. The number of benzene rings is 2. The van der Waals surface area contributed by atoms with Gasteiger partial charge in [0.05, 0.1) is 6.10 Å². The molecular formula is C21H21FN2O3. The van der Waals surface area contributed by atoms with Gasteiger partial charge in [-0.3, -0.25) is 9.59 Å². The number of aliphatic hydroxyl groups excluding tert-OH is 1. The number of anilines is 1. The van der Waals surface area contributed by atoms with Gasteiger partial charge in [0.15, 0.2) is 0 Å². The molecular weight excluding hydrogens is 347 g/mol. The van der Waals surface area contributed by atoms with Crippen LogP contribution < -0.4 is 10.6 Å². The predicted molar refractivity (Wildman–Crippen MR) is 100 cm³/mol. The molecule has 0 spiro atoms. The second kappa shape index (κ2) is 7.72. The second-order valence-corrected chi connectivity index (χ2v) is 6.68. The van der Waals surface area contributed by atoms with Gasteiger partial charge in [-0.15, -0.1) is 0 Å². The molecule has 0 saturated heterocycles. The van der Waals surface area contributed by atoms with E-state index in [9.17, 15) is 19.1 Å². The third-order valence-electron chi connectivity index (χ3n) is 4.68. The van der Waals surface area contributed by atoms with Gasteiger partial charge in [0, 0.05) is 29.8 Å². The van der Waals surface area contributed by atoms with Gasteiger partial charge < -0.3 is 15.7 Å². The summed E-state index contributed by atoms with van der Waals surface area (Å²) in [4.78, 5) is 24.7. The number of amides is 2. The van der Waals surface area contributed by atoms with Crippen molar-refractivity contribution in [3.05, 3.63) is 76.7 Å². The summed E-state index contributed by atoms with van der Waals surface area (Å²) >= 11 is 0. The van der Waals surface area contributed by atoms with Crippen molar-refractivity contribution in [3.8, 4) is 0 Å². The maximum absolute atomic E-state index is 13.2. The van der Waals surface area contributed by atoms with Crippen LogP contribution in [0.25, 0.3) is 0 Å². The van der Waals surface area contributed by atoms with Crippen LogP contribution in [0, 0.1) is 12.7 Å². The van der Waals surface area contributed by atoms with Gasteiger partial charge in [-0.25, -0.2) is 4.39 Å². The van der Waals surface area contributed by atoms with Crippen LogP contribution in [-0.2, 0) is 9.59 Å². The Morgan fingerprint density at radius 3 is 2.63 bits per heavy atom. The molecule has 2 atom stereocenters. The van der Waals surface area contributed by atoms with Crippen molar-refractivity contribution in [2.75, 3.05) is 5.32 Å². The van der Waals surface area contributed by atoms with Gasteiger partial charge in [0.2, 0.25) is 5.91 Å². The molecule has 2 aromatic carbocycles. The molecule has 1 heterocycles. The van der Waals surface area contributed by atoms with Crippen LogP contribution in [0.15, 0.2) is 54.2 Å². The van der Waals surface area contributed by atoms with E-state index in [0.717, 1.165) is 5.56 Å². The lowest BCUT2D eigenvalue weighted by Gasteiger charge is -2.24. The summed E-state index contributed by atoms with van der Waals surface area (Å²) in [7, 11) is 0. The van der Waals surface area contributed by atoms with Gasteiger partial charge in [-0.2, -0.15) is 0 Å². The fourth-order valence-electron chi connectivity index (χ4n) is 3.06. The zero-order valence-electron chi connectivity index (χ0n) is 15.1. The minimum atomic E-state index is -0.651. The number of halogens is 1. The first-order valence-electron chi connectivity index (χ1n) is 8.70. The number of rotatable bonds is 4. The number of hydrogen-bond acceptors (Lipinski definition) is 3. The molecule has 5 nitrogen and oxygen atoms in total. The third kappa shape index (κ3) is 4.23. The molecule has 140 valence electrons. The minimum absolute atomic E-state index is 0.109. The molecule has 0 saturated carbocycles. The molecule has 1 aliphatic rings. The Hall–Kier alpha value is -2.99. The van der Waals surface area contributed by atoms with E-state index < -0.39 is 12.0 Å². The molecule has 0 unspecified atom stereocenters. The first-order chi connectivity index (χ1) is 12.8. The van der Waals surface area contributed by atoms with Crippen LogP contribution in [0.3, 0.4) is 0 Å². The van der Waals surface area contributed by atoms with Crippen molar-refractivity contribution in [2.24, 2.45) is 0 Å². The summed E-state index contributed by atoms with van der Waals surface area (Å²) in [6.45, 7) is 3.51. The number of nitrogens with one attached hydrogen (secondary N) is 2. The van der Waals surface area contributed by atoms with Crippen LogP contribution in [0.2, 0.25) is 0 Å². The van der Waals surface area contributed by atoms with E-state index in [1.165, 1.54) is 18.3 Å². The lowest BCUT2D eigenvalue weighted by molar-refractivity contribution is -0.121. The van der Waals surface area contributed by atoms with Crippen molar-refractivity contribution in [1.29, 1.82) is 0 Å². The van der Waals surface area contributed by atoms with Crippen molar-refractivity contribution in [2.45, 2.75) is 32.3 Å². The molecule has 3 rings (SSSR count). The number of aliphatic hydroxyl groups is 1. The van der Waals surface area contributed by atoms with E-state index in [1.807, 2.05) is 13.0 Å². The lowest BCUT2D eigenvalue weighted by atomic mass is 9.86. The van der Waals surface area contributed by atoms with Gasteiger partial charge >= 0.3 is 0 Å². The van der Waals surface area contributed by atoms with Gasteiger partial charge in [-0.05, 0) is 48.7 Å². The standard InChI is InChI=1S/C21H21FN2O3/c1-12-3-4-15(13(2)25)9-19(12)24-21(27)18-11-23-20(26)10-17(18)14-5-7-16(22)8-6-14/h3-9,11,13,17,25H,10H2,1-2H3,(H,23,26)(H,24,27)/t13-,17+/m1/s1. The van der Waals surface area contributed by atoms with Crippen LogP contribution in [0.5, 0.6) is 0 Å². The van der Waals surface area contributed by atoms with E-state index >= 15 is 0 Å². The number of carbonyl (C=O) groups excluding carboxylic acids is 2. The topological polar surface area (TPSA) is 78.4 Å². The second-order valence-electron chi connectivity index (χ2n) is 6.68. The molecule has 27 heavy (non-hydrogen) atoms. The number of hydrogen-bond donors (Lipinski definition) is 3. The zero-order chi connectivity index (χ0) is 19.6. The summed E-state index contributed by atoms with van der Waals surface area (Å²) in [5.74, 6) is -1.39. The van der Waals surface area contributed by atoms with Gasteiger partial charge in [0.1, 0.15) is 5.82 Å². The SMILES string of the molecule is Cc1ccc([C@@H](C)O)cc1NC(=O)C1=CNC(=O)C[C@H]1c1ccc(F)cc1. The van der Waals surface area contributed by atoms with Gasteiger partial charge in [-0.1, -0.05) is 24.3 Å². The van der Waals surface area contributed by atoms with Crippen LogP contribution >= 0.6 is 0 Å². The summed E-state index contributed by atoms with van der Waals surface area (Å²) in [5.41, 5.74) is 3.22. The molecule has 0 radical (unpaired) electrons. The highest BCUT2D eigenvalue weighted by molar-refractivity contribution is 6.06. The quantitative estimate of drug-likeness (QED) is 0.775. The normalized spacial score (nSPS) is 17.7. The predicted octanol–water partition coefficient (Wildman–Crippen LogP) is 3.31. The van der Waals surface area contributed by atoms with Gasteiger partial charge in [0.25, 0.3) is 5.91 Å². The fourth-order valence-corrected chi connectivity index (χ4v) is 3.06. The minimum Gasteiger partial charge on any atom is -0.389 e. The number of carbonyl (C=O) groups is 2. The van der Waals surface area contributed by atoms with E-state index in [4.69, 9.17) is 0 Å². The maximum Gasteiger partial charge on any atom is 0.253 e. The van der Waals surface area contributed by atoms with Crippen molar-refractivity contribution in [1.82, 2.24) is 5.32 Å². The monoisotopic (exact) mass is 368 g/mol. The Kier molecular flexibility index (Phi) is 5.37. The Bertz CT molecular complexity index is 904. The van der Waals surface area contributed by atoms with Crippen LogP contribution in [-0.4, -0.2) is 16.9 Å². The highest BCUT2D eigenvalue weighted by Gasteiger charge is 2.29. The first kappa shape index (κ1) is 18.8. The molecule has 0 aliphatic carbocycles. The lowest BCUT2D eigenvalue weighted by Crippen LogP contribution is -2.32. The summed E-state index contributed by atoms with van der Waals surface area (Å²) in [5, 5.41) is 15.2. The van der Waals surface area contributed by atoms with Crippen molar-refractivity contribution >= 4 is 17.5 Å². The van der Waals surface area contributed by atoms with Crippen LogP contribution in [0.1, 0.15) is 42.1 Å². The average molecular weight is 368 g/mol. The number of aryl methyl sites for hydroxylation is 1. The van der Waals surface area contributed by atoms with Crippen molar-refractivity contribution in [3.63, 3.8) is 0 Å². The largest absolute Gasteiger partial charge is 0.389 e. The van der Waals surface area contributed by atoms with E-state index in [2.05, 4.69) is 10.6 Å². The molecule has 1 aliphatic heterocycles. The smallest absolute Gasteiger partial charge is 0.253 e. The molecule has 2 amide bonds. The van der Waals surface area contributed by atoms with Crippen molar-refractivity contribution < 1.29 is 19.1 Å². The van der Waals surface area contributed by atoms with Crippen LogP contribution in [0.4, 0.5) is 10.1 Å². The molecule has 3 N–H and O–H groups in total. The summed E-state index contributed by atoms with van der Waals surface area (Å²) in [6.07, 6.45) is 0.863. The Labute approximate surface area is 156 Å². The molecule has 0 aromatic heterocycles. The zero-order valence-corrected chi connectivity index (χ0v) is 15.1. The van der Waals surface area contributed by atoms with E-state index in [1.54, 1.807) is 31.2 Å². The third-order valence-corrected chi connectivity index (χ3v) is 4.68. The first-order valence-corrected chi connectivity index (χ1v) is 8.70. The average Bonchev–Trinajstić information content (AvgIpc) is 2.63. The summed E-state index contributed by atoms with van der Waals surface area (Å²) in [6, 6.07) is 11.1. The fraction of sp³-hybridized carbons (Fsp3) is 0.238. The molecule has 6 heteroatoms. The molecule has 0 bridgehead atoms.